The van der Waals surface area contributed by atoms with Crippen molar-refractivity contribution in [2.75, 3.05) is 6.61 Å². The van der Waals surface area contributed by atoms with Crippen LogP contribution in [0.15, 0.2) is 72.9 Å². The summed E-state index contributed by atoms with van der Waals surface area (Å²) in [4.78, 5) is 16.6. The van der Waals surface area contributed by atoms with Crippen molar-refractivity contribution in [3.63, 3.8) is 0 Å². The number of alkyl halides is 3. The first-order valence-electron chi connectivity index (χ1n) is 9.10. The molecule has 0 bridgehead atoms. The van der Waals surface area contributed by atoms with Gasteiger partial charge in [0.2, 0.25) is 5.88 Å². The van der Waals surface area contributed by atoms with Crippen molar-refractivity contribution in [1.29, 1.82) is 0 Å². The molecule has 0 saturated heterocycles. The molecule has 0 aliphatic heterocycles. The summed E-state index contributed by atoms with van der Waals surface area (Å²) in [7, 11) is 0. The fourth-order valence-corrected chi connectivity index (χ4v) is 2.61. The number of hydrogen-bond acceptors (Lipinski definition) is 4. The minimum Gasteiger partial charge on any atom is -0.468 e. The normalized spacial score (nSPS) is 12.1. The number of aromatic nitrogens is 1. The molecule has 0 saturated carbocycles. The third-order valence-corrected chi connectivity index (χ3v) is 4.09. The molecular formula is C22H19F3N2O3. The van der Waals surface area contributed by atoms with Gasteiger partial charge in [-0.25, -0.2) is 4.98 Å². The van der Waals surface area contributed by atoms with Gasteiger partial charge in [-0.1, -0.05) is 36.4 Å². The summed E-state index contributed by atoms with van der Waals surface area (Å²) in [6.45, 7) is 0.329. The molecule has 3 aromatic rings. The van der Waals surface area contributed by atoms with Crippen molar-refractivity contribution < 1.29 is 27.4 Å². The highest BCUT2D eigenvalue weighted by Crippen LogP contribution is 2.26. The van der Waals surface area contributed by atoms with Gasteiger partial charge in [0.05, 0.1) is 11.6 Å². The molecule has 8 heteroatoms. The number of nitrogens with zero attached hydrogens (tertiary/aromatic N) is 1. The third kappa shape index (κ3) is 5.97. The van der Waals surface area contributed by atoms with E-state index < -0.39 is 18.8 Å². The summed E-state index contributed by atoms with van der Waals surface area (Å²) in [6.07, 6.45) is -3.07. The number of benzene rings is 2. The topological polar surface area (TPSA) is 60.5 Å². The lowest BCUT2D eigenvalue weighted by Crippen LogP contribution is -2.27. The van der Waals surface area contributed by atoms with Crippen LogP contribution in [0.1, 0.15) is 28.9 Å². The number of amides is 1. The third-order valence-electron chi connectivity index (χ3n) is 4.09. The molecule has 0 fully saturated rings. The molecule has 30 heavy (non-hydrogen) atoms. The van der Waals surface area contributed by atoms with Crippen molar-refractivity contribution in [1.82, 2.24) is 10.3 Å². The van der Waals surface area contributed by atoms with Crippen LogP contribution in [-0.4, -0.2) is 23.7 Å². The molecule has 1 aromatic heterocycles. The Morgan fingerprint density at radius 2 is 1.73 bits per heavy atom. The molecule has 1 amide bonds. The Labute approximate surface area is 171 Å². The van der Waals surface area contributed by atoms with Gasteiger partial charge in [0, 0.05) is 12.3 Å². The highest BCUT2D eigenvalue weighted by molar-refractivity contribution is 5.97. The first kappa shape index (κ1) is 21.2. The molecular weight excluding hydrogens is 397 g/mol. The standard InChI is InChI=1S/C22H19F3N2O3/c1-15(16-11-12-20(26-13-16)29-14-22(23,24)25)27-21(28)18-9-5-6-10-19(18)30-17-7-3-2-4-8-17/h2-13,15H,14H2,1H3,(H,27,28)/t15-/m1/s1. The fourth-order valence-electron chi connectivity index (χ4n) is 2.61. The number of carbonyl (C=O) groups is 1. The van der Waals surface area contributed by atoms with Crippen LogP contribution in [0.5, 0.6) is 17.4 Å². The Hall–Kier alpha value is -3.55. The van der Waals surface area contributed by atoms with E-state index in [2.05, 4.69) is 15.0 Å². The highest BCUT2D eigenvalue weighted by atomic mass is 19.4. The Bertz CT molecular complexity index is 977. The van der Waals surface area contributed by atoms with Gasteiger partial charge in [-0.15, -0.1) is 0 Å². The highest BCUT2D eigenvalue weighted by Gasteiger charge is 2.28. The Kier molecular flexibility index (Phi) is 6.56. The lowest BCUT2D eigenvalue weighted by Gasteiger charge is -2.16. The Balaban J connectivity index is 1.66. The van der Waals surface area contributed by atoms with E-state index in [9.17, 15) is 18.0 Å². The van der Waals surface area contributed by atoms with E-state index in [1.807, 2.05) is 18.2 Å². The summed E-state index contributed by atoms with van der Waals surface area (Å²) in [6, 6.07) is 18.4. The van der Waals surface area contributed by atoms with Gasteiger partial charge in [-0.2, -0.15) is 13.2 Å². The molecule has 156 valence electrons. The van der Waals surface area contributed by atoms with Crippen LogP contribution in [0.2, 0.25) is 0 Å². The smallest absolute Gasteiger partial charge is 0.422 e. The second-order valence-electron chi connectivity index (χ2n) is 6.44. The molecule has 1 N–H and O–H groups in total. The van der Waals surface area contributed by atoms with E-state index in [0.717, 1.165) is 0 Å². The number of ether oxygens (including phenoxy) is 2. The zero-order valence-corrected chi connectivity index (χ0v) is 16.0. The van der Waals surface area contributed by atoms with Gasteiger partial charge in [-0.3, -0.25) is 4.79 Å². The maximum Gasteiger partial charge on any atom is 0.422 e. The summed E-state index contributed by atoms with van der Waals surface area (Å²) < 4.78 is 47.0. The minimum absolute atomic E-state index is 0.142. The number of hydrogen-bond donors (Lipinski definition) is 1. The molecule has 2 aromatic carbocycles. The minimum atomic E-state index is -4.43. The van der Waals surface area contributed by atoms with Crippen molar-refractivity contribution in [2.24, 2.45) is 0 Å². The van der Waals surface area contributed by atoms with Crippen LogP contribution < -0.4 is 14.8 Å². The number of nitrogens with one attached hydrogen (secondary N) is 1. The lowest BCUT2D eigenvalue weighted by atomic mass is 10.1. The van der Waals surface area contributed by atoms with Crippen molar-refractivity contribution in [3.05, 3.63) is 84.1 Å². The molecule has 0 spiro atoms. The van der Waals surface area contributed by atoms with Gasteiger partial charge in [0.25, 0.3) is 5.91 Å². The fraction of sp³-hybridized carbons (Fsp3) is 0.182. The molecule has 0 unspecified atom stereocenters. The predicted molar refractivity (Wildman–Crippen MR) is 105 cm³/mol. The van der Waals surface area contributed by atoms with Gasteiger partial charge in [-0.05, 0) is 36.8 Å². The zero-order chi connectivity index (χ0) is 21.6. The zero-order valence-electron chi connectivity index (χ0n) is 16.0. The number of rotatable bonds is 7. The van der Waals surface area contributed by atoms with E-state index in [0.29, 0.717) is 22.6 Å². The summed E-state index contributed by atoms with van der Waals surface area (Å²) in [5.74, 6) is 0.509. The SMILES string of the molecule is C[C@@H](NC(=O)c1ccccc1Oc1ccccc1)c1ccc(OCC(F)(F)F)nc1. The van der Waals surface area contributed by atoms with E-state index in [1.54, 1.807) is 49.4 Å². The number of para-hydroxylation sites is 2. The molecule has 1 atom stereocenters. The summed E-state index contributed by atoms with van der Waals surface area (Å²) >= 11 is 0. The van der Waals surface area contributed by atoms with Gasteiger partial charge < -0.3 is 14.8 Å². The van der Waals surface area contributed by atoms with E-state index in [-0.39, 0.29) is 11.8 Å². The molecule has 0 aliphatic carbocycles. The Morgan fingerprint density at radius 3 is 2.40 bits per heavy atom. The number of carbonyl (C=O) groups excluding carboxylic acids is 1. The van der Waals surface area contributed by atoms with Crippen LogP contribution in [0.3, 0.4) is 0 Å². The molecule has 3 rings (SSSR count). The van der Waals surface area contributed by atoms with Crippen molar-refractivity contribution >= 4 is 5.91 Å². The largest absolute Gasteiger partial charge is 0.468 e. The second kappa shape index (κ2) is 9.30. The van der Waals surface area contributed by atoms with Crippen LogP contribution in [0.4, 0.5) is 13.2 Å². The number of pyridine rings is 1. The second-order valence-corrected chi connectivity index (χ2v) is 6.44. The van der Waals surface area contributed by atoms with E-state index in [1.165, 1.54) is 12.3 Å². The lowest BCUT2D eigenvalue weighted by molar-refractivity contribution is -0.154. The van der Waals surface area contributed by atoms with Gasteiger partial charge >= 0.3 is 6.18 Å². The van der Waals surface area contributed by atoms with Crippen molar-refractivity contribution in [3.8, 4) is 17.4 Å². The van der Waals surface area contributed by atoms with E-state index >= 15 is 0 Å². The first-order chi connectivity index (χ1) is 14.3. The van der Waals surface area contributed by atoms with Crippen LogP contribution in [0.25, 0.3) is 0 Å². The quantitative estimate of drug-likeness (QED) is 0.567. The first-order valence-corrected chi connectivity index (χ1v) is 9.10. The van der Waals surface area contributed by atoms with Gasteiger partial charge in [0.15, 0.2) is 6.61 Å². The van der Waals surface area contributed by atoms with E-state index in [4.69, 9.17) is 4.74 Å². The maximum atomic E-state index is 12.8. The van der Waals surface area contributed by atoms with Crippen LogP contribution in [0, 0.1) is 0 Å². The predicted octanol–water partition coefficient (Wildman–Crippen LogP) is 5.31. The number of halogens is 3. The van der Waals surface area contributed by atoms with Crippen LogP contribution in [-0.2, 0) is 0 Å². The molecule has 0 aliphatic rings. The maximum absolute atomic E-state index is 12.8. The van der Waals surface area contributed by atoms with Crippen LogP contribution >= 0.6 is 0 Å². The molecule has 1 heterocycles. The summed E-state index contributed by atoms with van der Waals surface area (Å²) in [5, 5.41) is 2.83. The summed E-state index contributed by atoms with van der Waals surface area (Å²) in [5.41, 5.74) is 0.968. The molecule has 0 radical (unpaired) electrons. The van der Waals surface area contributed by atoms with Gasteiger partial charge in [0.1, 0.15) is 11.5 Å². The van der Waals surface area contributed by atoms with Crippen molar-refractivity contribution in [2.45, 2.75) is 19.1 Å². The monoisotopic (exact) mass is 416 g/mol. The average Bonchev–Trinajstić information content (AvgIpc) is 2.73. The Morgan fingerprint density at radius 1 is 1.03 bits per heavy atom. The average molecular weight is 416 g/mol. The molecule has 5 nitrogen and oxygen atoms in total.